The van der Waals surface area contributed by atoms with Crippen molar-refractivity contribution in [3.8, 4) is 0 Å². The molecule has 1 heterocycles. The van der Waals surface area contributed by atoms with Crippen LogP contribution in [0.2, 0.25) is 0 Å². The molecule has 0 aliphatic carbocycles. The number of nitro groups is 1. The summed E-state index contributed by atoms with van der Waals surface area (Å²) in [6.45, 7) is 1.41. The molecule has 0 aromatic heterocycles. The highest BCUT2D eigenvalue weighted by molar-refractivity contribution is 5.88. The summed E-state index contributed by atoms with van der Waals surface area (Å²) in [4.78, 5) is 22.2. The van der Waals surface area contributed by atoms with Gasteiger partial charge in [0.1, 0.15) is 5.60 Å². The maximum Gasteiger partial charge on any atom is 0.331 e. The third-order valence-corrected chi connectivity index (χ3v) is 4.09. The molecular formula is C17H15NO4. The van der Waals surface area contributed by atoms with Gasteiger partial charge < -0.3 is 4.74 Å². The molecule has 5 nitrogen and oxygen atoms in total. The molecule has 2 atom stereocenters. The van der Waals surface area contributed by atoms with E-state index in [9.17, 15) is 14.9 Å². The third kappa shape index (κ3) is 2.45. The molecule has 0 radical (unpaired) electrons. The predicted octanol–water partition coefficient (Wildman–Crippen LogP) is 3.07. The molecule has 0 amide bonds. The van der Waals surface area contributed by atoms with Crippen LogP contribution in [0.5, 0.6) is 0 Å². The quantitative estimate of drug-likeness (QED) is 0.494. The van der Waals surface area contributed by atoms with Crippen molar-refractivity contribution in [1.82, 2.24) is 0 Å². The van der Waals surface area contributed by atoms with Gasteiger partial charge in [-0.05, 0) is 29.3 Å². The van der Waals surface area contributed by atoms with Gasteiger partial charge in [-0.2, -0.15) is 0 Å². The first-order valence-electron chi connectivity index (χ1n) is 7.01. The van der Waals surface area contributed by atoms with Crippen LogP contribution in [-0.2, 0) is 9.53 Å². The van der Waals surface area contributed by atoms with E-state index in [1.807, 2.05) is 42.5 Å². The number of fused-ring (bicyclic) bond motifs is 1. The Morgan fingerprint density at radius 1 is 1.23 bits per heavy atom. The van der Waals surface area contributed by atoms with Crippen LogP contribution in [0.15, 0.2) is 54.6 Å². The van der Waals surface area contributed by atoms with Gasteiger partial charge in [-0.25, -0.2) is 4.79 Å². The van der Waals surface area contributed by atoms with E-state index in [1.165, 1.54) is 6.08 Å². The van der Waals surface area contributed by atoms with Crippen molar-refractivity contribution in [2.45, 2.75) is 18.4 Å². The summed E-state index contributed by atoms with van der Waals surface area (Å²) in [6.07, 6.45) is 2.95. The SMILES string of the molecule is C[C@@]1([C@H](C[N+](=O)[O-])c2cccc3ccccc23)C=CC(=O)O1. The number of ether oxygens (including phenoxy) is 1. The number of cyclic esters (lactones) is 1. The van der Waals surface area contributed by atoms with Crippen molar-refractivity contribution < 1.29 is 14.5 Å². The van der Waals surface area contributed by atoms with E-state index in [-0.39, 0.29) is 11.5 Å². The number of hydrogen-bond donors (Lipinski definition) is 0. The van der Waals surface area contributed by atoms with Gasteiger partial charge in [0.15, 0.2) is 0 Å². The number of benzene rings is 2. The standard InChI is InChI=1S/C17H15NO4/c1-17(10-9-16(19)22-17)15(11-18(20)21)14-8-4-6-12-5-2-3-7-13(12)14/h2-10,15H,11H2,1H3/t15-,17+/m1/s1. The van der Waals surface area contributed by atoms with Crippen molar-refractivity contribution in [2.75, 3.05) is 6.54 Å². The number of esters is 1. The minimum atomic E-state index is -1.01. The van der Waals surface area contributed by atoms with E-state index in [0.29, 0.717) is 0 Å². The predicted molar refractivity (Wildman–Crippen MR) is 82.2 cm³/mol. The Morgan fingerprint density at radius 2 is 1.95 bits per heavy atom. The Kier molecular flexibility index (Phi) is 3.41. The second-order valence-electron chi connectivity index (χ2n) is 5.57. The molecule has 5 heteroatoms. The number of hydrogen-bond acceptors (Lipinski definition) is 4. The molecule has 1 aliphatic heterocycles. The smallest absolute Gasteiger partial charge is 0.331 e. The van der Waals surface area contributed by atoms with E-state index < -0.39 is 17.5 Å². The molecule has 0 fully saturated rings. The summed E-state index contributed by atoms with van der Waals surface area (Å²) in [6, 6.07) is 13.4. The van der Waals surface area contributed by atoms with Crippen LogP contribution in [-0.4, -0.2) is 23.0 Å². The maximum absolute atomic E-state index is 11.5. The molecule has 2 aromatic rings. The van der Waals surface area contributed by atoms with E-state index in [4.69, 9.17) is 4.74 Å². The first-order chi connectivity index (χ1) is 10.5. The molecule has 2 aromatic carbocycles. The summed E-state index contributed by atoms with van der Waals surface area (Å²) < 4.78 is 5.36. The number of rotatable bonds is 4. The fraction of sp³-hybridized carbons (Fsp3) is 0.235. The van der Waals surface area contributed by atoms with E-state index >= 15 is 0 Å². The van der Waals surface area contributed by atoms with Crippen LogP contribution in [0.25, 0.3) is 10.8 Å². The lowest BCUT2D eigenvalue weighted by atomic mass is 9.81. The maximum atomic E-state index is 11.5. The fourth-order valence-corrected chi connectivity index (χ4v) is 3.00. The highest BCUT2D eigenvalue weighted by Gasteiger charge is 2.43. The van der Waals surface area contributed by atoms with Crippen LogP contribution in [0.1, 0.15) is 18.4 Å². The van der Waals surface area contributed by atoms with Crippen LogP contribution >= 0.6 is 0 Å². The summed E-state index contributed by atoms with van der Waals surface area (Å²) in [5, 5.41) is 13.1. The van der Waals surface area contributed by atoms with Crippen molar-refractivity contribution in [3.63, 3.8) is 0 Å². The van der Waals surface area contributed by atoms with Crippen LogP contribution in [0.3, 0.4) is 0 Å². The minimum Gasteiger partial charge on any atom is -0.451 e. The molecule has 22 heavy (non-hydrogen) atoms. The molecule has 0 spiro atoms. The van der Waals surface area contributed by atoms with Gasteiger partial charge in [0, 0.05) is 11.0 Å². The van der Waals surface area contributed by atoms with Crippen LogP contribution in [0.4, 0.5) is 0 Å². The summed E-state index contributed by atoms with van der Waals surface area (Å²) in [5.41, 5.74) is -0.189. The normalized spacial score (nSPS) is 21.8. The molecule has 1 aliphatic rings. The molecule has 0 unspecified atom stereocenters. The van der Waals surface area contributed by atoms with Gasteiger partial charge in [-0.1, -0.05) is 42.5 Å². The zero-order valence-electron chi connectivity index (χ0n) is 12.1. The summed E-state index contributed by atoms with van der Waals surface area (Å²) >= 11 is 0. The van der Waals surface area contributed by atoms with Gasteiger partial charge in [0.25, 0.3) is 0 Å². The average Bonchev–Trinajstić information content (AvgIpc) is 2.84. The number of carbonyl (C=O) groups excluding carboxylic acids is 1. The van der Waals surface area contributed by atoms with E-state index in [1.54, 1.807) is 13.0 Å². The Labute approximate surface area is 127 Å². The van der Waals surface area contributed by atoms with Gasteiger partial charge in [0.2, 0.25) is 6.54 Å². The molecule has 3 rings (SSSR count). The Morgan fingerprint density at radius 3 is 2.64 bits per heavy atom. The summed E-state index contributed by atoms with van der Waals surface area (Å²) in [7, 11) is 0. The summed E-state index contributed by atoms with van der Waals surface area (Å²) in [5.74, 6) is -1.01. The fourth-order valence-electron chi connectivity index (χ4n) is 3.00. The number of carbonyl (C=O) groups is 1. The second-order valence-corrected chi connectivity index (χ2v) is 5.57. The van der Waals surface area contributed by atoms with Gasteiger partial charge >= 0.3 is 5.97 Å². The first kappa shape index (κ1) is 14.3. The zero-order chi connectivity index (χ0) is 15.7. The van der Waals surface area contributed by atoms with Crippen molar-refractivity contribution in [1.29, 1.82) is 0 Å². The lowest BCUT2D eigenvalue weighted by Crippen LogP contribution is -2.36. The second kappa shape index (κ2) is 5.26. The molecule has 0 saturated heterocycles. The van der Waals surface area contributed by atoms with Gasteiger partial charge in [-0.3, -0.25) is 10.1 Å². The Balaban J connectivity index is 2.15. The molecule has 0 N–H and O–H groups in total. The molecule has 0 bridgehead atoms. The Hall–Kier alpha value is -2.69. The monoisotopic (exact) mass is 297 g/mol. The van der Waals surface area contributed by atoms with Crippen molar-refractivity contribution in [3.05, 3.63) is 70.3 Å². The Bertz CT molecular complexity index is 778. The van der Waals surface area contributed by atoms with E-state index in [2.05, 4.69) is 0 Å². The third-order valence-electron chi connectivity index (χ3n) is 4.09. The highest BCUT2D eigenvalue weighted by atomic mass is 16.6. The van der Waals surface area contributed by atoms with Gasteiger partial charge in [0.05, 0.1) is 5.92 Å². The minimum absolute atomic E-state index is 0.303. The zero-order valence-corrected chi connectivity index (χ0v) is 12.1. The molecular weight excluding hydrogens is 282 g/mol. The largest absolute Gasteiger partial charge is 0.451 e. The topological polar surface area (TPSA) is 69.4 Å². The van der Waals surface area contributed by atoms with Crippen LogP contribution < -0.4 is 0 Å². The molecule has 0 saturated carbocycles. The molecule has 112 valence electrons. The van der Waals surface area contributed by atoms with Gasteiger partial charge in [-0.15, -0.1) is 0 Å². The van der Waals surface area contributed by atoms with Crippen molar-refractivity contribution >= 4 is 16.7 Å². The van der Waals surface area contributed by atoms with Crippen molar-refractivity contribution in [2.24, 2.45) is 0 Å². The first-order valence-corrected chi connectivity index (χ1v) is 7.01. The average molecular weight is 297 g/mol. The lowest BCUT2D eigenvalue weighted by Gasteiger charge is -2.30. The number of nitrogens with zero attached hydrogens (tertiary/aromatic N) is 1. The highest BCUT2D eigenvalue weighted by Crippen LogP contribution is 2.38. The lowest BCUT2D eigenvalue weighted by molar-refractivity contribution is -0.486. The van der Waals surface area contributed by atoms with Crippen LogP contribution in [0, 0.1) is 10.1 Å². The van der Waals surface area contributed by atoms with E-state index in [0.717, 1.165) is 16.3 Å².